The van der Waals surface area contributed by atoms with Crippen molar-refractivity contribution in [3.63, 3.8) is 0 Å². The van der Waals surface area contributed by atoms with E-state index >= 15 is 0 Å². The summed E-state index contributed by atoms with van der Waals surface area (Å²) in [6.45, 7) is 6.46. The van der Waals surface area contributed by atoms with Crippen LogP contribution in [0.5, 0.6) is 0 Å². The van der Waals surface area contributed by atoms with E-state index in [0.29, 0.717) is 12.3 Å². The monoisotopic (exact) mass is 319 g/mol. The Morgan fingerprint density at radius 3 is 2.17 bits per heavy atom. The van der Waals surface area contributed by atoms with Gasteiger partial charge in [-0.2, -0.15) is 0 Å². The second-order valence-corrected chi connectivity index (χ2v) is 6.01. The predicted molar refractivity (Wildman–Crippen MR) is 83.2 cm³/mol. The Labute approximate surface area is 121 Å². The van der Waals surface area contributed by atoms with Crippen LogP contribution in [0.4, 0.5) is 0 Å². The summed E-state index contributed by atoms with van der Waals surface area (Å²) >= 11 is 3.45. The Morgan fingerprint density at radius 1 is 1.06 bits per heavy atom. The number of unbranched alkanes of at least 4 members (excludes halogenated alkanes) is 6. The molecular formula is C15H30BrNO. The van der Waals surface area contributed by atoms with Crippen molar-refractivity contribution in [1.29, 1.82) is 0 Å². The molecule has 3 heteroatoms. The molecule has 0 fully saturated rings. The van der Waals surface area contributed by atoms with Crippen molar-refractivity contribution in [2.75, 3.05) is 5.33 Å². The van der Waals surface area contributed by atoms with Crippen molar-refractivity contribution in [3.8, 4) is 0 Å². The van der Waals surface area contributed by atoms with Crippen LogP contribution >= 0.6 is 15.9 Å². The second kappa shape index (κ2) is 12.0. The van der Waals surface area contributed by atoms with Gasteiger partial charge in [0.25, 0.3) is 0 Å². The second-order valence-electron chi connectivity index (χ2n) is 5.36. The zero-order valence-corrected chi connectivity index (χ0v) is 13.9. The van der Waals surface area contributed by atoms with Crippen LogP contribution in [0.1, 0.15) is 72.1 Å². The van der Waals surface area contributed by atoms with Crippen LogP contribution in [-0.4, -0.2) is 17.3 Å². The molecule has 0 aromatic heterocycles. The average Bonchev–Trinajstić information content (AvgIpc) is 2.36. The maximum atomic E-state index is 11.7. The van der Waals surface area contributed by atoms with Crippen molar-refractivity contribution in [1.82, 2.24) is 5.32 Å². The molecule has 2 unspecified atom stereocenters. The number of carbonyl (C=O) groups is 1. The van der Waals surface area contributed by atoms with Crippen molar-refractivity contribution in [3.05, 3.63) is 0 Å². The fraction of sp³-hybridized carbons (Fsp3) is 0.933. The van der Waals surface area contributed by atoms with E-state index in [1.165, 1.54) is 38.5 Å². The summed E-state index contributed by atoms with van der Waals surface area (Å²) in [4.78, 5) is 11.7. The number of halogens is 1. The zero-order chi connectivity index (χ0) is 13.8. The number of hydrogen-bond donors (Lipinski definition) is 1. The molecule has 2 atom stereocenters. The van der Waals surface area contributed by atoms with Gasteiger partial charge in [0.05, 0.1) is 0 Å². The van der Waals surface area contributed by atoms with Crippen molar-refractivity contribution < 1.29 is 4.79 Å². The van der Waals surface area contributed by atoms with E-state index in [1.807, 2.05) is 0 Å². The van der Waals surface area contributed by atoms with Gasteiger partial charge in [-0.15, -0.1) is 0 Å². The van der Waals surface area contributed by atoms with E-state index in [-0.39, 0.29) is 11.9 Å². The van der Waals surface area contributed by atoms with Crippen LogP contribution in [0, 0.1) is 5.92 Å². The van der Waals surface area contributed by atoms with Gasteiger partial charge in [-0.05, 0) is 19.3 Å². The molecule has 0 aromatic carbocycles. The highest BCUT2D eigenvalue weighted by molar-refractivity contribution is 9.09. The standard InChI is InChI=1S/C15H30BrNO/c1-4-5-6-7-8-9-10-11-15(18)17-14(3)13(2)12-16/h13-14H,4-12H2,1-3H3,(H,17,18). The summed E-state index contributed by atoms with van der Waals surface area (Å²) in [5.74, 6) is 0.701. The molecule has 0 aliphatic heterocycles. The van der Waals surface area contributed by atoms with Gasteiger partial charge in [-0.25, -0.2) is 0 Å². The minimum absolute atomic E-state index is 0.212. The van der Waals surface area contributed by atoms with Crippen LogP contribution in [0.3, 0.4) is 0 Å². The van der Waals surface area contributed by atoms with Crippen LogP contribution in [-0.2, 0) is 4.79 Å². The molecule has 0 saturated heterocycles. The third-order valence-electron chi connectivity index (χ3n) is 3.49. The lowest BCUT2D eigenvalue weighted by molar-refractivity contribution is -0.122. The summed E-state index contributed by atoms with van der Waals surface area (Å²) < 4.78 is 0. The van der Waals surface area contributed by atoms with E-state index in [1.54, 1.807) is 0 Å². The molecule has 0 radical (unpaired) electrons. The highest BCUT2D eigenvalue weighted by atomic mass is 79.9. The molecule has 0 aromatic rings. The van der Waals surface area contributed by atoms with Gasteiger partial charge >= 0.3 is 0 Å². The number of amides is 1. The smallest absolute Gasteiger partial charge is 0.220 e. The molecule has 0 spiro atoms. The molecule has 0 heterocycles. The van der Waals surface area contributed by atoms with Gasteiger partial charge < -0.3 is 5.32 Å². The maximum absolute atomic E-state index is 11.7. The van der Waals surface area contributed by atoms with Crippen LogP contribution in [0.2, 0.25) is 0 Å². The molecule has 2 nitrogen and oxygen atoms in total. The fourth-order valence-corrected chi connectivity index (χ4v) is 2.41. The van der Waals surface area contributed by atoms with Crippen LogP contribution in [0.15, 0.2) is 0 Å². The first kappa shape index (κ1) is 17.9. The van der Waals surface area contributed by atoms with Gasteiger partial charge in [-0.1, -0.05) is 68.3 Å². The Morgan fingerprint density at radius 2 is 1.61 bits per heavy atom. The molecule has 1 amide bonds. The molecule has 18 heavy (non-hydrogen) atoms. The molecule has 0 rings (SSSR count). The number of rotatable bonds is 11. The van der Waals surface area contributed by atoms with Crippen molar-refractivity contribution in [2.24, 2.45) is 5.92 Å². The van der Waals surface area contributed by atoms with Gasteiger partial charge in [0.2, 0.25) is 5.91 Å². The van der Waals surface area contributed by atoms with Crippen molar-refractivity contribution in [2.45, 2.75) is 78.2 Å². The van der Waals surface area contributed by atoms with E-state index in [0.717, 1.165) is 11.8 Å². The average molecular weight is 320 g/mol. The molecule has 0 aliphatic carbocycles. The molecule has 1 N–H and O–H groups in total. The SMILES string of the molecule is CCCCCCCCCC(=O)NC(C)C(C)CBr. The lowest BCUT2D eigenvalue weighted by Crippen LogP contribution is -2.37. The first-order chi connectivity index (χ1) is 8.61. The van der Waals surface area contributed by atoms with E-state index in [4.69, 9.17) is 0 Å². The predicted octanol–water partition coefficient (Wildman–Crippen LogP) is 4.66. The lowest BCUT2D eigenvalue weighted by atomic mass is 10.1. The van der Waals surface area contributed by atoms with Gasteiger partial charge in [0.15, 0.2) is 0 Å². The Kier molecular flexibility index (Phi) is 12.0. The summed E-state index contributed by atoms with van der Waals surface area (Å²) in [5.41, 5.74) is 0. The van der Waals surface area contributed by atoms with Gasteiger partial charge in [0.1, 0.15) is 0 Å². The Bertz CT molecular complexity index is 209. The Balaban J connectivity index is 3.42. The van der Waals surface area contributed by atoms with Gasteiger partial charge in [0, 0.05) is 17.8 Å². The first-order valence-electron chi connectivity index (χ1n) is 7.47. The summed E-state index contributed by atoms with van der Waals surface area (Å²) in [6.07, 6.45) is 9.52. The largest absolute Gasteiger partial charge is 0.353 e. The number of alkyl halides is 1. The number of carbonyl (C=O) groups excluding carboxylic acids is 1. The topological polar surface area (TPSA) is 29.1 Å². The van der Waals surface area contributed by atoms with E-state index in [9.17, 15) is 4.79 Å². The first-order valence-corrected chi connectivity index (χ1v) is 8.59. The lowest BCUT2D eigenvalue weighted by Gasteiger charge is -2.19. The zero-order valence-electron chi connectivity index (χ0n) is 12.3. The van der Waals surface area contributed by atoms with Crippen LogP contribution < -0.4 is 5.32 Å². The van der Waals surface area contributed by atoms with Crippen LogP contribution in [0.25, 0.3) is 0 Å². The van der Waals surface area contributed by atoms with E-state index < -0.39 is 0 Å². The van der Waals surface area contributed by atoms with Gasteiger partial charge in [-0.3, -0.25) is 4.79 Å². The minimum Gasteiger partial charge on any atom is -0.353 e. The highest BCUT2D eigenvalue weighted by Crippen LogP contribution is 2.09. The fourth-order valence-electron chi connectivity index (χ4n) is 1.84. The highest BCUT2D eigenvalue weighted by Gasteiger charge is 2.12. The molecule has 0 bridgehead atoms. The minimum atomic E-state index is 0.212. The normalized spacial score (nSPS) is 14.2. The summed E-state index contributed by atoms with van der Waals surface area (Å²) in [5, 5.41) is 4.01. The third-order valence-corrected chi connectivity index (χ3v) is 4.51. The molecule has 0 saturated carbocycles. The number of nitrogens with one attached hydrogen (secondary N) is 1. The Hall–Kier alpha value is -0.0500. The third kappa shape index (κ3) is 9.93. The number of hydrogen-bond acceptors (Lipinski definition) is 1. The molecular weight excluding hydrogens is 290 g/mol. The molecule has 0 aliphatic rings. The summed E-state index contributed by atoms with van der Waals surface area (Å²) in [6, 6.07) is 0.265. The van der Waals surface area contributed by atoms with E-state index in [2.05, 4.69) is 42.0 Å². The molecule has 108 valence electrons. The van der Waals surface area contributed by atoms with Crippen molar-refractivity contribution >= 4 is 21.8 Å². The quantitative estimate of drug-likeness (QED) is 0.435. The maximum Gasteiger partial charge on any atom is 0.220 e. The summed E-state index contributed by atoms with van der Waals surface area (Å²) in [7, 11) is 0.